The minimum Gasteiger partial charge on any atom is -0.241 e. The number of unbranched alkanes of at least 4 members (excludes halogenated alkanes) is 4. The molecule has 0 amide bonds. The summed E-state index contributed by atoms with van der Waals surface area (Å²) in [5.41, 5.74) is 0.0530. The first-order valence-corrected chi connectivity index (χ1v) is 7.98. The van der Waals surface area contributed by atoms with Gasteiger partial charge in [0.2, 0.25) is 0 Å². The van der Waals surface area contributed by atoms with Gasteiger partial charge in [0.15, 0.2) is 0 Å². The van der Waals surface area contributed by atoms with Crippen molar-refractivity contribution in [3.63, 3.8) is 0 Å². The normalized spacial score (nSPS) is 15.2. The Kier molecular flexibility index (Phi) is 10.9. The van der Waals surface area contributed by atoms with Gasteiger partial charge in [-0.05, 0) is 12.8 Å². The van der Waals surface area contributed by atoms with Gasteiger partial charge in [0, 0.05) is 17.8 Å². The van der Waals surface area contributed by atoms with Gasteiger partial charge in [0.05, 0.1) is 0 Å². The molecule has 0 heterocycles. The smallest absolute Gasteiger partial charge is 0.134 e. The number of rotatable bonds is 11. The topological polar surface area (TPSA) is 24.7 Å². The summed E-state index contributed by atoms with van der Waals surface area (Å²) in [5, 5.41) is 0. The maximum absolute atomic E-state index is 4.49. The van der Waals surface area contributed by atoms with Crippen molar-refractivity contribution in [2.24, 2.45) is 15.4 Å². The third kappa shape index (κ3) is 7.42. The number of hydrogen-bond acceptors (Lipinski definition) is 1. The maximum atomic E-state index is 4.49. The van der Waals surface area contributed by atoms with Crippen LogP contribution in [0.5, 0.6) is 0 Å². The molecule has 1 unspecified atom stereocenters. The van der Waals surface area contributed by atoms with E-state index in [0.29, 0.717) is 0 Å². The lowest BCUT2D eigenvalue weighted by atomic mass is 9.78. The molecule has 0 aliphatic rings. The highest BCUT2D eigenvalue weighted by Gasteiger charge is 2.29. The minimum atomic E-state index is 0.0530. The number of aliphatic imine (C=N–C) groups is 2. The lowest BCUT2D eigenvalue weighted by molar-refractivity contribution is 0.360. The van der Waals surface area contributed by atoms with Crippen LogP contribution in [0.2, 0.25) is 0 Å². The summed E-state index contributed by atoms with van der Waals surface area (Å²) in [6.45, 7) is 14.2. The van der Waals surface area contributed by atoms with Gasteiger partial charge in [-0.2, -0.15) is 0 Å². The van der Waals surface area contributed by atoms with Crippen molar-refractivity contribution in [1.29, 1.82) is 0 Å². The van der Waals surface area contributed by atoms with Crippen LogP contribution in [0.15, 0.2) is 35.4 Å². The zero-order chi connectivity index (χ0) is 15.3. The fourth-order valence-electron chi connectivity index (χ4n) is 2.41. The second-order valence-corrected chi connectivity index (χ2v) is 5.62. The van der Waals surface area contributed by atoms with Crippen LogP contribution in [0.25, 0.3) is 0 Å². The molecule has 0 aromatic heterocycles. The highest BCUT2D eigenvalue weighted by Crippen LogP contribution is 2.33. The highest BCUT2D eigenvalue weighted by atomic mass is 14.9. The summed E-state index contributed by atoms with van der Waals surface area (Å²) in [7, 11) is 0. The van der Waals surface area contributed by atoms with Crippen LogP contribution in [0.3, 0.4) is 0 Å². The molecule has 0 aliphatic carbocycles. The first-order valence-electron chi connectivity index (χ1n) is 7.98. The molecule has 0 rings (SSSR count). The van der Waals surface area contributed by atoms with Crippen LogP contribution in [0, 0.1) is 5.41 Å². The van der Waals surface area contributed by atoms with Crippen molar-refractivity contribution in [2.45, 2.75) is 72.1 Å². The van der Waals surface area contributed by atoms with Gasteiger partial charge in [-0.15, -0.1) is 0 Å². The molecule has 2 heteroatoms. The fraction of sp³-hybridized carbons (Fsp3) is 0.667. The summed E-state index contributed by atoms with van der Waals surface area (Å²) >= 11 is 0. The van der Waals surface area contributed by atoms with Crippen molar-refractivity contribution in [1.82, 2.24) is 0 Å². The SMILES string of the molecule is C=CC=NC(=NC=C)C(C)(CCCC)CCCCCC. The molecule has 0 fully saturated rings. The van der Waals surface area contributed by atoms with E-state index < -0.39 is 0 Å². The van der Waals surface area contributed by atoms with E-state index >= 15 is 0 Å². The Morgan fingerprint density at radius 2 is 1.65 bits per heavy atom. The summed E-state index contributed by atoms with van der Waals surface area (Å²) < 4.78 is 0. The first-order chi connectivity index (χ1) is 9.64. The van der Waals surface area contributed by atoms with E-state index in [-0.39, 0.29) is 5.41 Å². The zero-order valence-corrected chi connectivity index (χ0v) is 13.7. The summed E-state index contributed by atoms with van der Waals surface area (Å²) in [6, 6.07) is 0. The molecule has 0 saturated carbocycles. The molecule has 0 aromatic rings. The van der Waals surface area contributed by atoms with E-state index in [4.69, 9.17) is 0 Å². The quantitative estimate of drug-likeness (QED) is 0.253. The molecular formula is C18H32N2. The Hall–Kier alpha value is -1.18. The molecule has 0 bridgehead atoms. The molecule has 0 aromatic carbocycles. The Morgan fingerprint density at radius 3 is 2.20 bits per heavy atom. The molecule has 0 saturated heterocycles. The Balaban J connectivity index is 4.93. The van der Waals surface area contributed by atoms with Gasteiger partial charge < -0.3 is 0 Å². The number of amidine groups is 1. The standard InChI is InChI=1S/C18H32N2/c1-6-10-12-13-15-18(5,14-11-7-2)17(19-9-4)20-16-8-3/h8-9,16H,3-4,6-7,10-15H2,1-2,5H3. The molecule has 20 heavy (non-hydrogen) atoms. The van der Waals surface area contributed by atoms with E-state index in [2.05, 4.69) is 43.9 Å². The average Bonchev–Trinajstić information content (AvgIpc) is 2.46. The van der Waals surface area contributed by atoms with Crippen molar-refractivity contribution < 1.29 is 0 Å². The average molecular weight is 276 g/mol. The number of nitrogens with zero attached hydrogens (tertiary/aromatic N) is 2. The minimum absolute atomic E-state index is 0.0530. The van der Waals surface area contributed by atoms with Gasteiger partial charge >= 0.3 is 0 Å². The Morgan fingerprint density at radius 1 is 1.00 bits per heavy atom. The van der Waals surface area contributed by atoms with Gasteiger partial charge in [-0.3, -0.25) is 0 Å². The van der Waals surface area contributed by atoms with E-state index in [1.165, 1.54) is 38.5 Å². The van der Waals surface area contributed by atoms with Crippen molar-refractivity contribution >= 4 is 12.1 Å². The maximum Gasteiger partial charge on any atom is 0.134 e. The highest BCUT2D eigenvalue weighted by molar-refractivity contribution is 5.96. The summed E-state index contributed by atoms with van der Waals surface area (Å²) in [5.74, 6) is 0.900. The summed E-state index contributed by atoms with van der Waals surface area (Å²) in [4.78, 5) is 8.91. The fourth-order valence-corrected chi connectivity index (χ4v) is 2.41. The van der Waals surface area contributed by atoms with Crippen LogP contribution in [-0.2, 0) is 0 Å². The monoisotopic (exact) mass is 276 g/mol. The molecule has 0 spiro atoms. The number of hydrogen-bond donors (Lipinski definition) is 0. The van der Waals surface area contributed by atoms with Crippen LogP contribution in [-0.4, -0.2) is 12.1 Å². The second-order valence-electron chi connectivity index (χ2n) is 5.62. The lowest BCUT2D eigenvalue weighted by Gasteiger charge is -2.29. The predicted molar refractivity (Wildman–Crippen MR) is 92.7 cm³/mol. The third-order valence-corrected chi connectivity index (χ3v) is 3.72. The zero-order valence-electron chi connectivity index (χ0n) is 13.7. The first kappa shape index (κ1) is 18.8. The summed E-state index contributed by atoms with van der Waals surface area (Å²) in [6.07, 6.45) is 14.9. The van der Waals surface area contributed by atoms with Gasteiger partial charge in [0.25, 0.3) is 0 Å². The molecule has 114 valence electrons. The van der Waals surface area contributed by atoms with Crippen molar-refractivity contribution in [2.75, 3.05) is 0 Å². The third-order valence-electron chi connectivity index (χ3n) is 3.72. The van der Waals surface area contributed by atoms with Crippen LogP contribution in [0.1, 0.15) is 72.1 Å². The largest absolute Gasteiger partial charge is 0.241 e. The van der Waals surface area contributed by atoms with Gasteiger partial charge in [-0.25, -0.2) is 9.98 Å². The second kappa shape index (κ2) is 11.6. The molecule has 1 atom stereocenters. The van der Waals surface area contributed by atoms with Gasteiger partial charge in [-0.1, -0.05) is 78.5 Å². The van der Waals surface area contributed by atoms with Crippen LogP contribution in [0.4, 0.5) is 0 Å². The molecule has 0 aliphatic heterocycles. The van der Waals surface area contributed by atoms with E-state index in [9.17, 15) is 0 Å². The van der Waals surface area contributed by atoms with Gasteiger partial charge in [0.1, 0.15) is 5.84 Å². The molecule has 2 nitrogen and oxygen atoms in total. The predicted octanol–water partition coefficient (Wildman–Crippen LogP) is 5.95. The Bertz CT molecular complexity index is 328. The van der Waals surface area contributed by atoms with E-state index in [0.717, 1.165) is 18.7 Å². The van der Waals surface area contributed by atoms with E-state index in [1.807, 2.05) is 0 Å². The van der Waals surface area contributed by atoms with E-state index in [1.54, 1.807) is 18.5 Å². The van der Waals surface area contributed by atoms with Crippen LogP contribution < -0.4 is 0 Å². The molecular weight excluding hydrogens is 244 g/mol. The lowest BCUT2D eigenvalue weighted by Crippen LogP contribution is -2.26. The number of allylic oxidation sites excluding steroid dienone is 1. The van der Waals surface area contributed by atoms with Crippen LogP contribution >= 0.6 is 0 Å². The molecule has 0 N–H and O–H groups in total. The Labute approximate surface area is 125 Å². The van der Waals surface area contributed by atoms with Crippen molar-refractivity contribution in [3.05, 3.63) is 25.4 Å². The van der Waals surface area contributed by atoms with Crippen molar-refractivity contribution in [3.8, 4) is 0 Å². The molecule has 0 radical (unpaired) electrons.